The zero-order chi connectivity index (χ0) is 14.1. The molecule has 1 aliphatic rings. The molecule has 1 fully saturated rings. The Labute approximate surface area is 137 Å². The lowest BCUT2D eigenvalue weighted by atomic mass is 10.1. The molecule has 0 aromatic carbocycles. The van der Waals surface area contributed by atoms with Gasteiger partial charge in [-0.3, -0.25) is 4.79 Å². The van der Waals surface area contributed by atoms with E-state index in [1.165, 1.54) is 11.3 Å². The quantitative estimate of drug-likeness (QED) is 0.898. The standard InChI is InChI=1S/C13H16N4OS2.ClH/c1-7-11(20-8(2)15-7)10-6-19-13(16-10)17-12(18)9-3-4-14-5-9;/h6,9,14H,3-5H2,1-2H3,(H,16,17,18);1H. The van der Waals surface area contributed by atoms with E-state index in [4.69, 9.17) is 0 Å². The second kappa shape index (κ2) is 6.83. The highest BCUT2D eigenvalue weighted by Crippen LogP contribution is 2.32. The van der Waals surface area contributed by atoms with Crippen LogP contribution < -0.4 is 10.6 Å². The van der Waals surface area contributed by atoms with Crippen LogP contribution in [0.15, 0.2) is 5.38 Å². The van der Waals surface area contributed by atoms with Crippen molar-refractivity contribution in [1.29, 1.82) is 0 Å². The van der Waals surface area contributed by atoms with Gasteiger partial charge >= 0.3 is 0 Å². The van der Waals surface area contributed by atoms with Gasteiger partial charge in [0.15, 0.2) is 5.13 Å². The molecule has 21 heavy (non-hydrogen) atoms. The molecule has 1 saturated heterocycles. The minimum Gasteiger partial charge on any atom is -0.316 e. The van der Waals surface area contributed by atoms with E-state index in [1.807, 2.05) is 19.2 Å². The summed E-state index contributed by atoms with van der Waals surface area (Å²) in [5.74, 6) is 0.128. The normalized spacial score (nSPS) is 17.5. The highest BCUT2D eigenvalue weighted by atomic mass is 35.5. The molecular formula is C13H17ClN4OS2. The number of hydrogen-bond acceptors (Lipinski definition) is 6. The van der Waals surface area contributed by atoms with Crippen LogP contribution in [0.4, 0.5) is 5.13 Å². The molecule has 0 saturated carbocycles. The van der Waals surface area contributed by atoms with Gasteiger partial charge in [-0.2, -0.15) is 0 Å². The third kappa shape index (κ3) is 3.60. The molecule has 1 aliphatic heterocycles. The van der Waals surface area contributed by atoms with Crippen molar-refractivity contribution < 1.29 is 4.79 Å². The Hall–Kier alpha value is -1.02. The topological polar surface area (TPSA) is 66.9 Å². The maximum absolute atomic E-state index is 12.0. The van der Waals surface area contributed by atoms with Crippen molar-refractivity contribution in [3.05, 3.63) is 16.1 Å². The smallest absolute Gasteiger partial charge is 0.230 e. The number of amides is 1. The summed E-state index contributed by atoms with van der Waals surface area (Å²) in [7, 11) is 0. The van der Waals surface area contributed by atoms with Crippen LogP contribution in [0, 0.1) is 19.8 Å². The van der Waals surface area contributed by atoms with Gasteiger partial charge in [-0.1, -0.05) is 0 Å². The molecule has 3 rings (SSSR count). The molecule has 2 N–H and O–H groups in total. The second-order valence-electron chi connectivity index (χ2n) is 4.86. The van der Waals surface area contributed by atoms with Crippen molar-refractivity contribution in [3.63, 3.8) is 0 Å². The SMILES string of the molecule is Cc1nc(C)c(-c2csc(NC(=O)C3CCNC3)n2)s1.Cl. The molecule has 1 unspecified atom stereocenters. The van der Waals surface area contributed by atoms with Crippen molar-refractivity contribution in [2.45, 2.75) is 20.3 Å². The first-order chi connectivity index (χ1) is 9.63. The van der Waals surface area contributed by atoms with Gasteiger partial charge in [0.1, 0.15) is 0 Å². The van der Waals surface area contributed by atoms with Crippen molar-refractivity contribution in [1.82, 2.24) is 15.3 Å². The van der Waals surface area contributed by atoms with E-state index < -0.39 is 0 Å². The summed E-state index contributed by atoms with van der Waals surface area (Å²) >= 11 is 3.10. The van der Waals surface area contributed by atoms with E-state index in [2.05, 4.69) is 20.6 Å². The number of halogens is 1. The number of aromatic nitrogens is 2. The lowest BCUT2D eigenvalue weighted by Crippen LogP contribution is -2.24. The number of thiazole rings is 2. The predicted octanol–water partition coefficient (Wildman–Crippen LogP) is 2.85. The number of carbonyl (C=O) groups excluding carboxylic acids is 1. The Kier molecular flexibility index (Phi) is 5.32. The number of hydrogen-bond donors (Lipinski definition) is 2. The number of carbonyl (C=O) groups is 1. The summed E-state index contributed by atoms with van der Waals surface area (Å²) in [6.07, 6.45) is 0.900. The zero-order valence-electron chi connectivity index (χ0n) is 11.8. The summed E-state index contributed by atoms with van der Waals surface area (Å²) in [6, 6.07) is 0. The summed E-state index contributed by atoms with van der Waals surface area (Å²) < 4.78 is 0. The Morgan fingerprint density at radius 1 is 1.43 bits per heavy atom. The molecule has 3 heterocycles. The van der Waals surface area contributed by atoms with Gasteiger partial charge in [-0.25, -0.2) is 9.97 Å². The largest absolute Gasteiger partial charge is 0.316 e. The minimum absolute atomic E-state index is 0. The zero-order valence-corrected chi connectivity index (χ0v) is 14.3. The van der Waals surface area contributed by atoms with Gasteiger partial charge in [0.2, 0.25) is 5.91 Å². The van der Waals surface area contributed by atoms with E-state index in [9.17, 15) is 4.79 Å². The van der Waals surface area contributed by atoms with Crippen LogP contribution in [0.2, 0.25) is 0 Å². The van der Waals surface area contributed by atoms with E-state index in [0.717, 1.165) is 40.8 Å². The Balaban J connectivity index is 0.00000161. The molecule has 1 atom stereocenters. The average molecular weight is 345 g/mol. The van der Waals surface area contributed by atoms with E-state index in [-0.39, 0.29) is 24.2 Å². The molecule has 2 aromatic heterocycles. The number of aryl methyl sites for hydroxylation is 2. The molecule has 2 aromatic rings. The van der Waals surface area contributed by atoms with Crippen LogP contribution in [0.1, 0.15) is 17.1 Å². The lowest BCUT2D eigenvalue weighted by molar-refractivity contribution is -0.119. The highest BCUT2D eigenvalue weighted by molar-refractivity contribution is 7.16. The summed E-state index contributed by atoms with van der Waals surface area (Å²) in [5, 5.41) is 9.79. The summed E-state index contributed by atoms with van der Waals surface area (Å²) in [5.41, 5.74) is 1.90. The second-order valence-corrected chi connectivity index (χ2v) is 6.93. The molecule has 0 aliphatic carbocycles. The van der Waals surface area contributed by atoms with Crippen LogP contribution in [0.5, 0.6) is 0 Å². The van der Waals surface area contributed by atoms with Crippen LogP contribution in [-0.2, 0) is 4.79 Å². The number of anilines is 1. The molecule has 8 heteroatoms. The first-order valence-electron chi connectivity index (χ1n) is 6.55. The fraction of sp³-hybridized carbons (Fsp3) is 0.462. The molecule has 114 valence electrons. The van der Waals surface area contributed by atoms with Crippen LogP contribution in [-0.4, -0.2) is 29.0 Å². The third-order valence-electron chi connectivity index (χ3n) is 3.30. The van der Waals surface area contributed by atoms with Crippen LogP contribution >= 0.6 is 35.1 Å². The molecule has 0 radical (unpaired) electrons. The van der Waals surface area contributed by atoms with E-state index in [0.29, 0.717) is 5.13 Å². The Morgan fingerprint density at radius 2 is 2.24 bits per heavy atom. The Morgan fingerprint density at radius 3 is 2.86 bits per heavy atom. The molecule has 5 nitrogen and oxygen atoms in total. The molecule has 1 amide bonds. The van der Waals surface area contributed by atoms with Gasteiger partial charge in [-0.15, -0.1) is 35.1 Å². The van der Waals surface area contributed by atoms with Crippen molar-refractivity contribution >= 4 is 46.1 Å². The van der Waals surface area contributed by atoms with E-state index >= 15 is 0 Å². The fourth-order valence-electron chi connectivity index (χ4n) is 2.29. The van der Waals surface area contributed by atoms with Gasteiger partial charge in [0.25, 0.3) is 0 Å². The Bertz CT molecular complexity index is 634. The van der Waals surface area contributed by atoms with Crippen molar-refractivity contribution in [2.24, 2.45) is 5.92 Å². The van der Waals surface area contributed by atoms with Crippen LogP contribution in [0.3, 0.4) is 0 Å². The number of rotatable bonds is 3. The first kappa shape index (κ1) is 16.4. The van der Waals surface area contributed by atoms with Crippen molar-refractivity contribution in [2.75, 3.05) is 18.4 Å². The summed E-state index contributed by atoms with van der Waals surface area (Å²) in [4.78, 5) is 22.0. The van der Waals surface area contributed by atoms with Crippen molar-refractivity contribution in [3.8, 4) is 10.6 Å². The molecule has 0 bridgehead atoms. The lowest BCUT2D eigenvalue weighted by Gasteiger charge is -2.06. The third-order valence-corrected chi connectivity index (χ3v) is 5.15. The monoisotopic (exact) mass is 344 g/mol. The first-order valence-corrected chi connectivity index (χ1v) is 8.24. The average Bonchev–Trinajstić information content (AvgIpc) is 3.10. The van der Waals surface area contributed by atoms with Gasteiger partial charge in [0.05, 0.1) is 27.2 Å². The minimum atomic E-state index is 0. The van der Waals surface area contributed by atoms with Gasteiger partial charge in [0, 0.05) is 11.9 Å². The maximum Gasteiger partial charge on any atom is 0.230 e. The maximum atomic E-state index is 12.0. The number of nitrogens with zero attached hydrogens (tertiary/aromatic N) is 2. The molecular weight excluding hydrogens is 328 g/mol. The summed E-state index contributed by atoms with van der Waals surface area (Å²) in [6.45, 7) is 5.65. The highest BCUT2D eigenvalue weighted by Gasteiger charge is 2.23. The van der Waals surface area contributed by atoms with E-state index in [1.54, 1.807) is 11.3 Å². The fourth-order valence-corrected chi connectivity index (χ4v) is 3.95. The number of nitrogens with one attached hydrogen (secondary N) is 2. The van der Waals surface area contributed by atoms with Crippen LogP contribution in [0.25, 0.3) is 10.6 Å². The molecule has 0 spiro atoms. The predicted molar refractivity (Wildman–Crippen MR) is 89.6 cm³/mol. The van der Waals surface area contributed by atoms with Gasteiger partial charge in [-0.05, 0) is 26.8 Å². The van der Waals surface area contributed by atoms with Gasteiger partial charge < -0.3 is 10.6 Å².